The van der Waals surface area contributed by atoms with Crippen molar-refractivity contribution in [2.75, 3.05) is 26.4 Å². The summed E-state index contributed by atoms with van der Waals surface area (Å²) in [4.78, 5) is 19.2. The highest BCUT2D eigenvalue weighted by Gasteiger charge is 2.22. The Labute approximate surface area is 189 Å². The van der Waals surface area contributed by atoms with Gasteiger partial charge in [-0.05, 0) is 81.6 Å². The lowest BCUT2D eigenvalue weighted by Crippen LogP contribution is -2.32. The topological polar surface area (TPSA) is 54.0 Å². The van der Waals surface area contributed by atoms with Crippen LogP contribution in [0.5, 0.6) is 0 Å². The molecule has 1 saturated carbocycles. The van der Waals surface area contributed by atoms with Gasteiger partial charge in [-0.3, -0.25) is 4.79 Å². The molecule has 162 valence electrons. The molecule has 4 nitrogen and oxygen atoms in total. The molecule has 4 rings (SSSR count). The van der Waals surface area contributed by atoms with Gasteiger partial charge in [0, 0.05) is 22.4 Å². The highest BCUT2D eigenvalue weighted by Crippen LogP contribution is 2.29. The van der Waals surface area contributed by atoms with E-state index >= 15 is 0 Å². The van der Waals surface area contributed by atoms with Gasteiger partial charge in [0.1, 0.15) is 0 Å². The zero-order valence-electron chi connectivity index (χ0n) is 18.4. The Balaban J connectivity index is 1.52. The number of fused-ring (bicyclic) bond motifs is 1. The molecule has 1 aliphatic rings. The van der Waals surface area contributed by atoms with Crippen LogP contribution in [-0.2, 0) is 0 Å². The first-order valence-electron chi connectivity index (χ1n) is 11.1. The summed E-state index contributed by atoms with van der Waals surface area (Å²) in [7, 11) is 2.02. The van der Waals surface area contributed by atoms with E-state index in [1.165, 1.54) is 30.6 Å². The average molecular weight is 434 g/mol. The van der Waals surface area contributed by atoms with Crippen molar-refractivity contribution in [2.45, 2.75) is 30.6 Å². The molecule has 5 heteroatoms. The van der Waals surface area contributed by atoms with Crippen LogP contribution in [0.3, 0.4) is 0 Å². The van der Waals surface area contributed by atoms with Crippen molar-refractivity contribution in [3.63, 3.8) is 0 Å². The van der Waals surface area contributed by atoms with Crippen LogP contribution >= 0.6 is 11.8 Å². The van der Waals surface area contributed by atoms with Crippen LogP contribution in [0, 0.1) is 11.8 Å². The van der Waals surface area contributed by atoms with Gasteiger partial charge in [-0.15, -0.1) is 11.8 Å². The fraction of sp³-hybridized carbons (Fsp3) is 0.385. The zero-order valence-corrected chi connectivity index (χ0v) is 19.2. The third-order valence-corrected chi connectivity index (χ3v) is 7.10. The molecule has 31 heavy (non-hydrogen) atoms. The molecule has 2 aromatic carbocycles. The van der Waals surface area contributed by atoms with Gasteiger partial charge in [0.05, 0.1) is 16.8 Å². The standard InChI is InChI=1S/C26H31N3OS/c1-27-16-18-7-9-19(10-8-18)17-28-26(30)23-15-25(20-11-13-21(31-2)14-12-20)29-24-6-4-3-5-22(23)24/h3-6,11-15,18-19,27H,7-10,16-17H2,1-2H3,(H,28,30)/t18-,19-. The Kier molecular flexibility index (Phi) is 7.25. The number of carbonyl (C=O) groups excluding carboxylic acids is 1. The first-order chi connectivity index (χ1) is 15.2. The molecule has 3 aromatic rings. The van der Waals surface area contributed by atoms with E-state index in [-0.39, 0.29) is 5.91 Å². The van der Waals surface area contributed by atoms with Crippen LogP contribution in [0.25, 0.3) is 22.2 Å². The quantitative estimate of drug-likeness (QED) is 0.491. The molecule has 1 heterocycles. The Morgan fingerprint density at radius 1 is 1.00 bits per heavy atom. The number of nitrogens with one attached hydrogen (secondary N) is 2. The predicted molar refractivity (Wildman–Crippen MR) is 131 cm³/mol. The van der Waals surface area contributed by atoms with Gasteiger partial charge in [0.25, 0.3) is 5.91 Å². The van der Waals surface area contributed by atoms with Crippen molar-refractivity contribution in [1.82, 2.24) is 15.6 Å². The number of hydrogen-bond acceptors (Lipinski definition) is 4. The number of para-hydroxylation sites is 1. The van der Waals surface area contributed by atoms with E-state index in [0.29, 0.717) is 11.5 Å². The number of hydrogen-bond donors (Lipinski definition) is 2. The lowest BCUT2D eigenvalue weighted by Gasteiger charge is -2.28. The van der Waals surface area contributed by atoms with Gasteiger partial charge in [-0.25, -0.2) is 4.98 Å². The second kappa shape index (κ2) is 10.3. The van der Waals surface area contributed by atoms with Gasteiger partial charge < -0.3 is 10.6 Å². The van der Waals surface area contributed by atoms with Gasteiger partial charge in [0.15, 0.2) is 0 Å². The molecule has 0 bridgehead atoms. The molecule has 0 spiro atoms. The molecule has 1 fully saturated rings. The molecule has 1 amide bonds. The first-order valence-corrected chi connectivity index (χ1v) is 12.4. The highest BCUT2D eigenvalue weighted by atomic mass is 32.2. The van der Waals surface area contributed by atoms with E-state index in [4.69, 9.17) is 4.98 Å². The Bertz CT molecular complexity index is 1030. The van der Waals surface area contributed by atoms with E-state index < -0.39 is 0 Å². The maximum atomic E-state index is 13.2. The van der Waals surface area contributed by atoms with Crippen molar-refractivity contribution < 1.29 is 4.79 Å². The molecular weight excluding hydrogens is 402 g/mol. The molecule has 0 atom stereocenters. The summed E-state index contributed by atoms with van der Waals surface area (Å²) >= 11 is 1.72. The monoisotopic (exact) mass is 433 g/mol. The minimum atomic E-state index is -0.00191. The Morgan fingerprint density at radius 3 is 2.35 bits per heavy atom. The zero-order chi connectivity index (χ0) is 21.6. The number of carbonyl (C=O) groups is 1. The third-order valence-electron chi connectivity index (χ3n) is 6.36. The molecule has 1 aromatic heterocycles. The van der Waals surface area contributed by atoms with Crippen molar-refractivity contribution >= 4 is 28.6 Å². The van der Waals surface area contributed by atoms with Gasteiger partial charge in [-0.2, -0.15) is 0 Å². The summed E-state index contributed by atoms with van der Waals surface area (Å²) in [5.74, 6) is 1.35. The normalized spacial score (nSPS) is 18.8. The van der Waals surface area contributed by atoms with Crippen LogP contribution in [0.1, 0.15) is 36.0 Å². The van der Waals surface area contributed by atoms with E-state index in [0.717, 1.165) is 41.2 Å². The SMILES string of the molecule is CNC[C@H]1CC[C@H](CNC(=O)c2cc(-c3ccc(SC)cc3)nc3ccccc23)CC1. The molecule has 0 unspecified atom stereocenters. The predicted octanol–water partition coefficient (Wildman–Crippen LogP) is 5.38. The van der Waals surface area contributed by atoms with Crippen LogP contribution < -0.4 is 10.6 Å². The molecule has 2 N–H and O–H groups in total. The number of aromatic nitrogens is 1. The lowest BCUT2D eigenvalue weighted by molar-refractivity contribution is 0.0943. The largest absolute Gasteiger partial charge is 0.352 e. The summed E-state index contributed by atoms with van der Waals surface area (Å²) in [5.41, 5.74) is 3.43. The van der Waals surface area contributed by atoms with E-state index in [1.54, 1.807) is 11.8 Å². The van der Waals surface area contributed by atoms with E-state index in [2.05, 4.69) is 41.2 Å². The van der Waals surface area contributed by atoms with Crippen molar-refractivity contribution in [2.24, 2.45) is 11.8 Å². The van der Waals surface area contributed by atoms with E-state index in [9.17, 15) is 4.79 Å². The number of amides is 1. The van der Waals surface area contributed by atoms with Crippen LogP contribution in [0.15, 0.2) is 59.5 Å². The number of pyridine rings is 1. The molecule has 1 aliphatic carbocycles. The average Bonchev–Trinajstić information content (AvgIpc) is 2.83. The van der Waals surface area contributed by atoms with Gasteiger partial charge >= 0.3 is 0 Å². The fourth-order valence-corrected chi connectivity index (χ4v) is 4.94. The summed E-state index contributed by atoms with van der Waals surface area (Å²) in [5, 5.41) is 7.41. The smallest absolute Gasteiger partial charge is 0.252 e. The number of thioether (sulfide) groups is 1. The van der Waals surface area contributed by atoms with Crippen LogP contribution in [-0.4, -0.2) is 37.3 Å². The minimum Gasteiger partial charge on any atom is -0.352 e. The van der Waals surface area contributed by atoms with Gasteiger partial charge in [-0.1, -0.05) is 30.3 Å². The molecular formula is C26H31N3OS. The Hall–Kier alpha value is -2.37. The maximum absolute atomic E-state index is 13.2. The van der Waals surface area contributed by atoms with Crippen LogP contribution in [0.4, 0.5) is 0 Å². The number of benzene rings is 2. The van der Waals surface area contributed by atoms with Gasteiger partial charge in [0.2, 0.25) is 0 Å². The van der Waals surface area contributed by atoms with Crippen molar-refractivity contribution in [3.05, 3.63) is 60.2 Å². The summed E-state index contributed by atoms with van der Waals surface area (Å²) in [6, 6.07) is 18.2. The summed E-state index contributed by atoms with van der Waals surface area (Å²) in [6.45, 7) is 1.85. The number of rotatable bonds is 7. The number of nitrogens with zero attached hydrogens (tertiary/aromatic N) is 1. The molecule has 0 radical (unpaired) electrons. The van der Waals surface area contributed by atoms with Crippen molar-refractivity contribution in [3.8, 4) is 11.3 Å². The molecule has 0 aliphatic heterocycles. The molecule has 0 saturated heterocycles. The first kappa shape index (κ1) is 21.8. The second-order valence-corrected chi connectivity index (χ2v) is 9.33. The fourth-order valence-electron chi connectivity index (χ4n) is 4.53. The van der Waals surface area contributed by atoms with E-state index in [1.807, 2.05) is 37.4 Å². The lowest BCUT2D eigenvalue weighted by atomic mass is 9.82. The van der Waals surface area contributed by atoms with Crippen molar-refractivity contribution in [1.29, 1.82) is 0 Å². The second-order valence-electron chi connectivity index (χ2n) is 8.46. The highest BCUT2D eigenvalue weighted by molar-refractivity contribution is 7.98. The Morgan fingerprint density at radius 2 is 1.68 bits per heavy atom. The van der Waals surface area contributed by atoms with Crippen LogP contribution in [0.2, 0.25) is 0 Å². The minimum absolute atomic E-state index is 0.00191. The summed E-state index contributed by atoms with van der Waals surface area (Å²) < 4.78 is 0. The summed E-state index contributed by atoms with van der Waals surface area (Å²) in [6.07, 6.45) is 6.94. The third kappa shape index (κ3) is 5.28. The maximum Gasteiger partial charge on any atom is 0.252 e.